The molecule has 0 bridgehead atoms. The van der Waals surface area contributed by atoms with Gasteiger partial charge in [0, 0.05) is 18.7 Å². The fraction of sp³-hybridized carbons (Fsp3) is 0.455. The van der Waals surface area contributed by atoms with Crippen molar-refractivity contribution < 1.29 is 8.42 Å². The van der Waals surface area contributed by atoms with Crippen LogP contribution in [0.5, 0.6) is 0 Å². The van der Waals surface area contributed by atoms with E-state index in [2.05, 4.69) is 26.0 Å². The first kappa shape index (κ1) is 17.6. The summed E-state index contributed by atoms with van der Waals surface area (Å²) in [6, 6.07) is 7.12. The number of nitrogens with zero attached hydrogens (tertiary/aromatic N) is 1. The van der Waals surface area contributed by atoms with Crippen LogP contribution in [0, 0.1) is 24.7 Å². The SMILES string of the molecule is CC1=C[C@H]2CN(S(=O)(=O)c3ccc(C)cc3)C=CC2=C2[C@H](CC[C@H]2C)C1. The molecule has 1 fully saturated rings. The summed E-state index contributed by atoms with van der Waals surface area (Å²) >= 11 is 0. The van der Waals surface area contributed by atoms with E-state index in [0.29, 0.717) is 23.3 Å². The Morgan fingerprint density at radius 2 is 1.81 bits per heavy atom. The molecule has 1 heterocycles. The van der Waals surface area contributed by atoms with Gasteiger partial charge in [-0.3, -0.25) is 4.31 Å². The first-order valence-corrected chi connectivity index (χ1v) is 11.0. The van der Waals surface area contributed by atoms with Crippen LogP contribution < -0.4 is 0 Å². The van der Waals surface area contributed by atoms with Crippen LogP contribution in [0.15, 0.2) is 64.2 Å². The largest absolute Gasteiger partial charge is 0.272 e. The Hall–Kier alpha value is -1.81. The van der Waals surface area contributed by atoms with Gasteiger partial charge in [-0.25, -0.2) is 8.42 Å². The second kappa shape index (κ2) is 6.41. The lowest BCUT2D eigenvalue weighted by Crippen LogP contribution is -2.34. The van der Waals surface area contributed by atoms with Crippen LogP contribution in [0.2, 0.25) is 0 Å². The molecule has 0 aromatic heterocycles. The van der Waals surface area contributed by atoms with Crippen molar-refractivity contribution in [2.24, 2.45) is 17.8 Å². The lowest BCUT2D eigenvalue weighted by Gasteiger charge is -2.31. The van der Waals surface area contributed by atoms with Gasteiger partial charge in [-0.1, -0.05) is 41.8 Å². The van der Waals surface area contributed by atoms with Crippen molar-refractivity contribution in [1.82, 2.24) is 4.31 Å². The molecule has 0 N–H and O–H groups in total. The Kier molecular flexibility index (Phi) is 4.34. The number of fused-ring (bicyclic) bond motifs is 2. The molecule has 0 spiro atoms. The van der Waals surface area contributed by atoms with E-state index in [1.807, 2.05) is 19.1 Å². The molecule has 3 nitrogen and oxygen atoms in total. The van der Waals surface area contributed by atoms with Crippen molar-refractivity contribution in [3.8, 4) is 0 Å². The van der Waals surface area contributed by atoms with Crippen molar-refractivity contribution in [2.45, 2.75) is 44.9 Å². The third-order valence-corrected chi connectivity index (χ3v) is 7.89. The second-order valence-electron chi connectivity index (χ2n) is 8.11. The van der Waals surface area contributed by atoms with E-state index in [0.717, 1.165) is 12.0 Å². The monoisotopic (exact) mass is 369 g/mol. The Bertz CT molecular complexity index is 906. The Labute approximate surface area is 157 Å². The molecule has 26 heavy (non-hydrogen) atoms. The summed E-state index contributed by atoms with van der Waals surface area (Å²) in [6.45, 7) is 6.99. The van der Waals surface area contributed by atoms with E-state index < -0.39 is 10.0 Å². The van der Waals surface area contributed by atoms with Crippen molar-refractivity contribution in [3.63, 3.8) is 0 Å². The lowest BCUT2D eigenvalue weighted by atomic mass is 9.86. The van der Waals surface area contributed by atoms with Gasteiger partial charge in [0.25, 0.3) is 10.0 Å². The maximum atomic E-state index is 13.1. The predicted molar refractivity (Wildman–Crippen MR) is 105 cm³/mol. The summed E-state index contributed by atoms with van der Waals surface area (Å²) in [5.74, 6) is 1.42. The minimum Gasteiger partial charge on any atom is -0.272 e. The molecule has 1 aliphatic heterocycles. The molecule has 1 aromatic carbocycles. The highest BCUT2D eigenvalue weighted by Crippen LogP contribution is 2.46. The summed E-state index contributed by atoms with van der Waals surface area (Å²) in [5.41, 5.74) is 5.40. The molecule has 138 valence electrons. The molecule has 0 radical (unpaired) electrons. The quantitative estimate of drug-likeness (QED) is 0.701. The van der Waals surface area contributed by atoms with Gasteiger partial charge in [-0.2, -0.15) is 0 Å². The lowest BCUT2D eigenvalue weighted by molar-refractivity contribution is 0.459. The Balaban J connectivity index is 1.73. The zero-order valence-corrected chi connectivity index (χ0v) is 16.6. The number of hydrogen-bond donors (Lipinski definition) is 0. The van der Waals surface area contributed by atoms with Crippen molar-refractivity contribution in [1.29, 1.82) is 0 Å². The molecular weight excluding hydrogens is 342 g/mol. The fourth-order valence-electron chi connectivity index (χ4n) is 4.81. The highest BCUT2D eigenvalue weighted by Gasteiger charge is 2.36. The highest BCUT2D eigenvalue weighted by atomic mass is 32.2. The summed E-state index contributed by atoms with van der Waals surface area (Å²) < 4.78 is 27.7. The van der Waals surface area contributed by atoms with E-state index in [1.54, 1.807) is 23.9 Å². The number of hydrogen-bond acceptors (Lipinski definition) is 2. The van der Waals surface area contributed by atoms with Gasteiger partial charge in [-0.15, -0.1) is 0 Å². The van der Waals surface area contributed by atoms with Gasteiger partial charge in [0.1, 0.15) is 0 Å². The molecule has 2 aliphatic carbocycles. The predicted octanol–water partition coefficient (Wildman–Crippen LogP) is 4.82. The molecule has 0 unspecified atom stereocenters. The van der Waals surface area contributed by atoms with Crippen molar-refractivity contribution in [2.75, 3.05) is 6.54 Å². The summed E-state index contributed by atoms with van der Waals surface area (Å²) in [7, 11) is -3.50. The number of rotatable bonds is 2. The van der Waals surface area contributed by atoms with E-state index in [-0.39, 0.29) is 5.92 Å². The molecular formula is C22H27NO2S. The molecule has 3 atom stereocenters. The standard InChI is InChI=1S/C22H27NO2S/c1-15-4-8-20(9-5-15)26(24,25)23-11-10-21-19(14-23)13-16(2)12-18-7-6-17(3)22(18)21/h4-5,8-11,13,17-19H,6-7,12,14H2,1-3H3/t17-,18-,19+/m1/s1. The number of aryl methyl sites for hydroxylation is 1. The van der Waals surface area contributed by atoms with E-state index in [4.69, 9.17) is 0 Å². The first-order valence-electron chi connectivity index (χ1n) is 9.54. The molecule has 0 saturated heterocycles. The minimum absolute atomic E-state index is 0.167. The molecule has 4 rings (SSSR count). The maximum absolute atomic E-state index is 13.1. The average Bonchev–Trinajstić information content (AvgIpc) is 2.88. The number of benzene rings is 1. The van der Waals surface area contributed by atoms with Gasteiger partial charge < -0.3 is 0 Å². The van der Waals surface area contributed by atoms with E-state index >= 15 is 0 Å². The third-order valence-electron chi connectivity index (χ3n) is 6.13. The normalized spacial score (nSPS) is 28.5. The van der Waals surface area contributed by atoms with Gasteiger partial charge in [0.05, 0.1) is 4.90 Å². The van der Waals surface area contributed by atoms with Crippen LogP contribution in [0.25, 0.3) is 0 Å². The summed E-state index contributed by atoms with van der Waals surface area (Å²) in [4.78, 5) is 0.366. The van der Waals surface area contributed by atoms with Gasteiger partial charge in [0.2, 0.25) is 0 Å². The summed E-state index contributed by atoms with van der Waals surface area (Å²) in [6.07, 6.45) is 9.79. The molecule has 1 saturated carbocycles. The van der Waals surface area contributed by atoms with Crippen molar-refractivity contribution >= 4 is 10.0 Å². The average molecular weight is 370 g/mol. The van der Waals surface area contributed by atoms with Crippen LogP contribution >= 0.6 is 0 Å². The smallest absolute Gasteiger partial charge is 0.263 e. The van der Waals surface area contributed by atoms with Gasteiger partial charge in [-0.05, 0) is 68.7 Å². The Morgan fingerprint density at radius 1 is 1.08 bits per heavy atom. The topological polar surface area (TPSA) is 37.4 Å². The Morgan fingerprint density at radius 3 is 2.54 bits per heavy atom. The van der Waals surface area contributed by atoms with Crippen LogP contribution in [-0.4, -0.2) is 19.3 Å². The van der Waals surface area contributed by atoms with Crippen LogP contribution in [-0.2, 0) is 10.0 Å². The van der Waals surface area contributed by atoms with Gasteiger partial charge >= 0.3 is 0 Å². The number of sulfonamides is 1. The maximum Gasteiger partial charge on any atom is 0.263 e. The van der Waals surface area contributed by atoms with Crippen LogP contribution in [0.1, 0.15) is 38.7 Å². The summed E-state index contributed by atoms with van der Waals surface area (Å²) in [5, 5.41) is 0. The fourth-order valence-corrected chi connectivity index (χ4v) is 6.14. The van der Waals surface area contributed by atoms with E-state index in [9.17, 15) is 8.42 Å². The minimum atomic E-state index is -3.50. The van der Waals surface area contributed by atoms with Crippen LogP contribution in [0.4, 0.5) is 0 Å². The highest BCUT2D eigenvalue weighted by molar-refractivity contribution is 7.89. The van der Waals surface area contributed by atoms with Gasteiger partial charge in [0.15, 0.2) is 0 Å². The zero-order chi connectivity index (χ0) is 18.5. The molecule has 4 heteroatoms. The first-order chi connectivity index (χ1) is 12.4. The molecule has 3 aliphatic rings. The molecule has 0 amide bonds. The number of allylic oxidation sites excluding steroid dienone is 3. The van der Waals surface area contributed by atoms with E-state index in [1.165, 1.54) is 28.3 Å². The van der Waals surface area contributed by atoms with Crippen LogP contribution in [0.3, 0.4) is 0 Å². The zero-order valence-electron chi connectivity index (χ0n) is 15.8. The third kappa shape index (κ3) is 2.94. The van der Waals surface area contributed by atoms with Crippen molar-refractivity contribution in [3.05, 3.63) is 64.9 Å². The second-order valence-corrected chi connectivity index (χ2v) is 10.0. The molecule has 1 aromatic rings.